The highest BCUT2D eigenvalue weighted by Gasteiger charge is 2.16. The van der Waals surface area contributed by atoms with Crippen molar-refractivity contribution in [2.24, 2.45) is 0 Å². The molecule has 0 saturated heterocycles. The fourth-order valence-corrected chi connectivity index (χ4v) is 8.75. The number of aromatic nitrogens is 4. The van der Waals surface area contributed by atoms with E-state index in [9.17, 15) is 0 Å². The lowest BCUT2D eigenvalue weighted by atomic mass is 9.97. The van der Waals surface area contributed by atoms with Gasteiger partial charge in [0, 0.05) is 44.2 Å². The van der Waals surface area contributed by atoms with Crippen LogP contribution < -0.4 is 0 Å². The first kappa shape index (κ1) is 37.9. The Bertz CT molecular complexity index is 3710. The molecule has 0 unspecified atom stereocenters. The Kier molecular flexibility index (Phi) is 9.42. The molecule has 65 heavy (non-hydrogen) atoms. The lowest BCUT2D eigenvalue weighted by Gasteiger charge is -2.12. The molecule has 12 aromatic rings. The molecule has 0 radical (unpaired) electrons. The topological polar surface area (TPSA) is 64.7 Å². The van der Waals surface area contributed by atoms with Gasteiger partial charge < -0.3 is 4.42 Å². The van der Waals surface area contributed by atoms with Crippen molar-refractivity contribution in [3.63, 3.8) is 0 Å². The normalized spacial score (nSPS) is 11.4. The van der Waals surface area contributed by atoms with Crippen LogP contribution in [-0.4, -0.2) is 19.9 Å². The Morgan fingerprint density at radius 1 is 0.231 bits per heavy atom. The minimum Gasteiger partial charge on any atom is -0.456 e. The third-order valence-corrected chi connectivity index (χ3v) is 12.1. The maximum Gasteiger partial charge on any atom is 0.160 e. The summed E-state index contributed by atoms with van der Waals surface area (Å²) in [7, 11) is 0. The van der Waals surface area contributed by atoms with Crippen molar-refractivity contribution in [3.05, 3.63) is 231 Å². The van der Waals surface area contributed by atoms with Gasteiger partial charge in [-0.3, -0.25) is 0 Å². The lowest BCUT2D eigenvalue weighted by molar-refractivity contribution is 0.669. The summed E-state index contributed by atoms with van der Waals surface area (Å²) < 4.78 is 6.49. The zero-order chi connectivity index (χ0) is 43.1. The highest BCUT2D eigenvalue weighted by molar-refractivity contribution is 6.10. The van der Waals surface area contributed by atoms with Crippen LogP contribution in [0, 0.1) is 0 Å². The molecule has 0 fully saturated rings. The first-order valence-electron chi connectivity index (χ1n) is 21.8. The van der Waals surface area contributed by atoms with Gasteiger partial charge in [0.1, 0.15) is 11.2 Å². The SMILES string of the molecule is c1ccc(-c2cccc(-c3nc(-c4ccccc4)cc(-c4cccc(-c5cccc(-c6cc(-c7ccc8c(c7)oc7cc9ccccc9cc78)nc(-c7ccccc7)n6)c5)c4)n3)c2)cc1. The van der Waals surface area contributed by atoms with Crippen molar-refractivity contribution in [1.82, 2.24) is 19.9 Å². The molecule has 3 aromatic heterocycles. The van der Waals surface area contributed by atoms with E-state index in [0.717, 1.165) is 106 Å². The van der Waals surface area contributed by atoms with Gasteiger partial charge in [0.25, 0.3) is 0 Å². The summed E-state index contributed by atoms with van der Waals surface area (Å²) in [6.07, 6.45) is 0. The number of fused-ring (bicyclic) bond motifs is 4. The number of hydrogen-bond acceptors (Lipinski definition) is 5. The molecule has 5 nitrogen and oxygen atoms in total. The zero-order valence-electron chi connectivity index (χ0n) is 35.1. The lowest BCUT2D eigenvalue weighted by Crippen LogP contribution is -1.96. The van der Waals surface area contributed by atoms with E-state index in [1.807, 2.05) is 42.5 Å². The van der Waals surface area contributed by atoms with E-state index in [4.69, 9.17) is 24.4 Å². The van der Waals surface area contributed by atoms with Gasteiger partial charge in [-0.1, -0.05) is 176 Å². The van der Waals surface area contributed by atoms with Crippen LogP contribution in [-0.2, 0) is 0 Å². The van der Waals surface area contributed by atoms with E-state index in [-0.39, 0.29) is 0 Å². The van der Waals surface area contributed by atoms with Crippen LogP contribution in [0.5, 0.6) is 0 Å². The zero-order valence-corrected chi connectivity index (χ0v) is 35.1. The summed E-state index contributed by atoms with van der Waals surface area (Å²) in [5.41, 5.74) is 15.3. The number of nitrogens with zero attached hydrogens (tertiary/aromatic N) is 4. The van der Waals surface area contributed by atoms with Crippen molar-refractivity contribution < 1.29 is 4.42 Å². The molecule has 0 N–H and O–H groups in total. The Balaban J connectivity index is 0.933. The molecule has 0 aliphatic rings. The quantitative estimate of drug-likeness (QED) is 0.153. The van der Waals surface area contributed by atoms with Gasteiger partial charge in [-0.25, -0.2) is 19.9 Å². The van der Waals surface area contributed by atoms with E-state index in [1.165, 1.54) is 5.39 Å². The van der Waals surface area contributed by atoms with Crippen LogP contribution >= 0.6 is 0 Å². The fourth-order valence-electron chi connectivity index (χ4n) is 8.75. The molecule has 0 spiro atoms. The fraction of sp³-hybridized carbons (Fsp3) is 0. The van der Waals surface area contributed by atoms with Crippen molar-refractivity contribution in [2.75, 3.05) is 0 Å². The van der Waals surface area contributed by atoms with Gasteiger partial charge in [0.2, 0.25) is 0 Å². The van der Waals surface area contributed by atoms with Gasteiger partial charge in [0.05, 0.1) is 22.8 Å². The van der Waals surface area contributed by atoms with Crippen LogP contribution in [0.15, 0.2) is 235 Å². The van der Waals surface area contributed by atoms with Gasteiger partial charge >= 0.3 is 0 Å². The van der Waals surface area contributed by atoms with Crippen molar-refractivity contribution >= 4 is 32.7 Å². The molecule has 0 saturated carbocycles. The predicted molar refractivity (Wildman–Crippen MR) is 266 cm³/mol. The van der Waals surface area contributed by atoms with Gasteiger partial charge in [-0.15, -0.1) is 0 Å². The van der Waals surface area contributed by atoms with E-state index in [1.54, 1.807) is 0 Å². The van der Waals surface area contributed by atoms with Gasteiger partial charge in [0.15, 0.2) is 11.6 Å². The van der Waals surface area contributed by atoms with E-state index in [2.05, 4.69) is 188 Å². The minimum atomic E-state index is 0.657. The molecule has 3 heterocycles. The Morgan fingerprint density at radius 3 is 1.23 bits per heavy atom. The van der Waals surface area contributed by atoms with Gasteiger partial charge in [-0.05, 0) is 87.6 Å². The Hall–Kier alpha value is -8.80. The average Bonchev–Trinajstić information content (AvgIpc) is 3.75. The van der Waals surface area contributed by atoms with E-state index < -0.39 is 0 Å². The highest BCUT2D eigenvalue weighted by atomic mass is 16.3. The molecule has 0 bridgehead atoms. The summed E-state index contributed by atoms with van der Waals surface area (Å²) in [6, 6.07) is 79.8. The summed E-state index contributed by atoms with van der Waals surface area (Å²) in [5.74, 6) is 1.33. The first-order chi connectivity index (χ1) is 32.1. The van der Waals surface area contributed by atoms with Crippen LogP contribution in [0.3, 0.4) is 0 Å². The number of furan rings is 1. The Morgan fingerprint density at radius 2 is 0.631 bits per heavy atom. The van der Waals surface area contributed by atoms with Crippen molar-refractivity contribution in [3.8, 4) is 90.1 Å². The van der Waals surface area contributed by atoms with Crippen molar-refractivity contribution in [2.45, 2.75) is 0 Å². The summed E-state index contributed by atoms with van der Waals surface area (Å²) in [6.45, 7) is 0. The predicted octanol–water partition coefficient (Wildman–Crippen LogP) is 15.7. The summed E-state index contributed by atoms with van der Waals surface area (Å²) in [5, 5.41) is 4.52. The number of hydrogen-bond donors (Lipinski definition) is 0. The first-order valence-corrected chi connectivity index (χ1v) is 21.8. The standard InChI is InChI=1S/C60H38N4O/c1-4-15-39(16-5-1)42-23-14-28-50(33-42)60-61-53(40-17-6-2-7-18-40)37-54(64-60)47-26-12-24-43(31-47)44-25-13-27-48(32-44)55-38-56(63-59(62-55)41-19-8-3-9-20-41)49-29-30-51-52-34-45-21-10-11-22-46(45)35-58(52)65-57(51)36-49/h1-38H. The molecule has 304 valence electrons. The molecule has 0 aliphatic heterocycles. The number of rotatable bonds is 8. The molecule has 12 rings (SSSR count). The summed E-state index contributed by atoms with van der Waals surface area (Å²) >= 11 is 0. The second-order valence-corrected chi connectivity index (χ2v) is 16.3. The second kappa shape index (κ2) is 16.2. The molecular formula is C60H38N4O. The van der Waals surface area contributed by atoms with Gasteiger partial charge in [-0.2, -0.15) is 0 Å². The minimum absolute atomic E-state index is 0.657. The maximum absolute atomic E-state index is 6.49. The van der Waals surface area contributed by atoms with E-state index in [0.29, 0.717) is 11.6 Å². The largest absolute Gasteiger partial charge is 0.456 e. The molecule has 0 amide bonds. The maximum atomic E-state index is 6.49. The Labute approximate surface area is 376 Å². The van der Waals surface area contributed by atoms with Crippen molar-refractivity contribution in [1.29, 1.82) is 0 Å². The highest BCUT2D eigenvalue weighted by Crippen LogP contribution is 2.37. The molecule has 9 aromatic carbocycles. The third kappa shape index (κ3) is 7.41. The smallest absolute Gasteiger partial charge is 0.160 e. The third-order valence-electron chi connectivity index (χ3n) is 12.1. The molecule has 5 heteroatoms. The van der Waals surface area contributed by atoms with Crippen LogP contribution in [0.2, 0.25) is 0 Å². The van der Waals surface area contributed by atoms with Crippen LogP contribution in [0.25, 0.3) is 123 Å². The van der Waals surface area contributed by atoms with Crippen LogP contribution in [0.1, 0.15) is 0 Å². The van der Waals surface area contributed by atoms with Crippen LogP contribution in [0.4, 0.5) is 0 Å². The van der Waals surface area contributed by atoms with E-state index >= 15 is 0 Å². The monoisotopic (exact) mass is 830 g/mol. The molecule has 0 aliphatic carbocycles. The average molecular weight is 831 g/mol. The molecule has 0 atom stereocenters. The second-order valence-electron chi connectivity index (χ2n) is 16.3. The molecular weight excluding hydrogens is 793 g/mol. The number of benzene rings is 9. The summed E-state index contributed by atoms with van der Waals surface area (Å²) in [4.78, 5) is 20.7.